The molecule has 0 aliphatic carbocycles. The molecular weight excluding hydrogens is 290 g/mol. The molecule has 0 unspecified atom stereocenters. The fraction of sp³-hybridized carbons (Fsp3) is 0.133. The zero-order valence-corrected chi connectivity index (χ0v) is 12.2. The molecule has 3 aromatic rings. The van der Waals surface area contributed by atoms with Gasteiger partial charge in [-0.05, 0) is 49.7 Å². The van der Waals surface area contributed by atoms with Crippen LogP contribution >= 0.6 is 11.6 Å². The summed E-state index contributed by atoms with van der Waals surface area (Å²) in [4.78, 5) is 16.4. The van der Waals surface area contributed by atoms with E-state index < -0.39 is 0 Å². The van der Waals surface area contributed by atoms with Crippen molar-refractivity contribution in [2.75, 3.05) is 5.32 Å². The Hall–Kier alpha value is -2.40. The van der Waals surface area contributed by atoms with Crippen molar-refractivity contribution in [2.24, 2.45) is 0 Å². The summed E-state index contributed by atoms with van der Waals surface area (Å²) in [6.45, 7) is 3.80. The van der Waals surface area contributed by atoms with Crippen molar-refractivity contribution in [1.29, 1.82) is 0 Å². The molecule has 0 aliphatic rings. The number of carbonyl (C=O) groups is 1. The molecule has 0 saturated carbocycles. The normalized spacial score (nSPS) is 10.8. The quantitative estimate of drug-likeness (QED) is 0.783. The van der Waals surface area contributed by atoms with Crippen molar-refractivity contribution in [1.82, 2.24) is 10.1 Å². The molecule has 0 saturated heterocycles. The number of fused-ring (bicyclic) bond motifs is 1. The lowest BCUT2D eigenvalue weighted by molar-refractivity contribution is 0.102. The Morgan fingerprint density at radius 2 is 1.95 bits per heavy atom. The maximum atomic E-state index is 12.2. The van der Waals surface area contributed by atoms with Crippen LogP contribution in [0.15, 0.2) is 34.9 Å². The van der Waals surface area contributed by atoms with Crippen LogP contribution in [0.2, 0.25) is 5.02 Å². The second kappa shape index (κ2) is 5.18. The predicted octanol–water partition coefficient (Wildman–Crippen LogP) is 3.75. The summed E-state index contributed by atoms with van der Waals surface area (Å²) in [6, 6.07) is 8.53. The number of aromatic nitrogens is 2. The predicted molar refractivity (Wildman–Crippen MR) is 80.7 cm³/mol. The van der Waals surface area contributed by atoms with Gasteiger partial charge in [0.05, 0.1) is 5.39 Å². The van der Waals surface area contributed by atoms with E-state index in [0.717, 1.165) is 11.3 Å². The lowest BCUT2D eigenvalue weighted by Crippen LogP contribution is -2.12. The molecule has 0 spiro atoms. The molecule has 106 valence electrons. The highest BCUT2D eigenvalue weighted by atomic mass is 35.5. The third-order valence-electron chi connectivity index (χ3n) is 3.11. The SMILES string of the molecule is Cc1cc(C)c2c(NC(=O)c3ccc(Cl)cc3)noc2n1. The molecule has 0 bridgehead atoms. The Labute approximate surface area is 125 Å². The van der Waals surface area contributed by atoms with Crippen LogP contribution in [-0.4, -0.2) is 16.0 Å². The monoisotopic (exact) mass is 301 g/mol. The first-order chi connectivity index (χ1) is 10.0. The van der Waals surface area contributed by atoms with Gasteiger partial charge in [0.25, 0.3) is 11.6 Å². The summed E-state index contributed by atoms with van der Waals surface area (Å²) in [5.74, 6) is 0.0943. The number of rotatable bonds is 2. The van der Waals surface area contributed by atoms with Crippen LogP contribution in [0.5, 0.6) is 0 Å². The number of carbonyl (C=O) groups excluding carboxylic acids is 1. The molecule has 0 atom stereocenters. The average molecular weight is 302 g/mol. The maximum absolute atomic E-state index is 12.2. The molecule has 0 aliphatic heterocycles. The largest absolute Gasteiger partial charge is 0.334 e. The average Bonchev–Trinajstić information content (AvgIpc) is 2.82. The van der Waals surface area contributed by atoms with Crippen LogP contribution < -0.4 is 5.32 Å². The van der Waals surface area contributed by atoms with E-state index in [2.05, 4.69) is 15.5 Å². The highest BCUT2D eigenvalue weighted by Crippen LogP contribution is 2.26. The molecule has 5 nitrogen and oxygen atoms in total. The number of anilines is 1. The van der Waals surface area contributed by atoms with Gasteiger partial charge in [0.1, 0.15) is 0 Å². The van der Waals surface area contributed by atoms with E-state index in [0.29, 0.717) is 27.5 Å². The Morgan fingerprint density at radius 3 is 2.67 bits per heavy atom. The molecular formula is C15H12ClN3O2. The minimum Gasteiger partial charge on any atom is -0.334 e. The summed E-state index contributed by atoms with van der Waals surface area (Å²) < 4.78 is 5.17. The van der Waals surface area contributed by atoms with E-state index in [1.807, 2.05) is 19.9 Å². The van der Waals surface area contributed by atoms with Gasteiger partial charge in [0.15, 0.2) is 5.82 Å². The molecule has 1 amide bonds. The molecule has 0 radical (unpaired) electrons. The molecule has 6 heteroatoms. The van der Waals surface area contributed by atoms with Crippen molar-refractivity contribution in [3.63, 3.8) is 0 Å². The lowest BCUT2D eigenvalue weighted by atomic mass is 10.1. The van der Waals surface area contributed by atoms with Crippen molar-refractivity contribution >= 4 is 34.4 Å². The van der Waals surface area contributed by atoms with Crippen LogP contribution in [0, 0.1) is 13.8 Å². The van der Waals surface area contributed by atoms with Crippen molar-refractivity contribution in [3.8, 4) is 0 Å². The lowest BCUT2D eigenvalue weighted by Gasteiger charge is -2.03. The summed E-state index contributed by atoms with van der Waals surface area (Å²) in [6.07, 6.45) is 0. The molecule has 21 heavy (non-hydrogen) atoms. The van der Waals surface area contributed by atoms with Gasteiger partial charge in [0, 0.05) is 16.3 Å². The second-order valence-electron chi connectivity index (χ2n) is 4.75. The highest BCUT2D eigenvalue weighted by Gasteiger charge is 2.16. The van der Waals surface area contributed by atoms with Gasteiger partial charge in [-0.2, -0.15) is 0 Å². The van der Waals surface area contributed by atoms with Gasteiger partial charge in [-0.15, -0.1) is 0 Å². The number of nitrogens with one attached hydrogen (secondary N) is 1. The highest BCUT2D eigenvalue weighted by molar-refractivity contribution is 6.30. The Bertz CT molecular complexity index is 825. The number of amides is 1. The van der Waals surface area contributed by atoms with Gasteiger partial charge < -0.3 is 9.84 Å². The fourth-order valence-corrected chi connectivity index (χ4v) is 2.28. The Balaban J connectivity index is 1.95. The van der Waals surface area contributed by atoms with E-state index in [-0.39, 0.29) is 5.91 Å². The van der Waals surface area contributed by atoms with Crippen molar-refractivity contribution < 1.29 is 9.32 Å². The first-order valence-corrected chi connectivity index (χ1v) is 6.73. The van der Waals surface area contributed by atoms with Gasteiger partial charge in [-0.25, -0.2) is 4.98 Å². The summed E-state index contributed by atoms with van der Waals surface area (Å²) in [5.41, 5.74) is 2.70. The van der Waals surface area contributed by atoms with E-state index in [1.165, 1.54) is 0 Å². The Morgan fingerprint density at radius 1 is 1.24 bits per heavy atom. The van der Waals surface area contributed by atoms with Crippen LogP contribution in [0.1, 0.15) is 21.6 Å². The topological polar surface area (TPSA) is 68.0 Å². The van der Waals surface area contributed by atoms with Crippen LogP contribution in [0.25, 0.3) is 11.1 Å². The van der Waals surface area contributed by atoms with Crippen molar-refractivity contribution in [2.45, 2.75) is 13.8 Å². The number of hydrogen-bond donors (Lipinski definition) is 1. The molecule has 2 aromatic heterocycles. The van der Waals surface area contributed by atoms with Crippen LogP contribution in [0.3, 0.4) is 0 Å². The van der Waals surface area contributed by atoms with Crippen LogP contribution in [0.4, 0.5) is 5.82 Å². The fourth-order valence-electron chi connectivity index (χ4n) is 2.16. The number of aryl methyl sites for hydroxylation is 2. The number of hydrogen-bond acceptors (Lipinski definition) is 4. The summed E-state index contributed by atoms with van der Waals surface area (Å²) >= 11 is 5.81. The summed E-state index contributed by atoms with van der Waals surface area (Å²) in [5, 5.41) is 7.91. The van der Waals surface area contributed by atoms with Gasteiger partial charge in [-0.1, -0.05) is 16.8 Å². The van der Waals surface area contributed by atoms with E-state index in [9.17, 15) is 4.79 Å². The van der Waals surface area contributed by atoms with E-state index in [4.69, 9.17) is 16.1 Å². The molecule has 0 fully saturated rings. The van der Waals surface area contributed by atoms with Gasteiger partial charge in [-0.3, -0.25) is 4.79 Å². The standard InChI is InChI=1S/C15H12ClN3O2/c1-8-7-9(2)17-15-12(8)13(19-21-15)18-14(20)10-3-5-11(16)6-4-10/h3-7H,1-2H3,(H,18,19,20). The number of benzene rings is 1. The maximum Gasteiger partial charge on any atom is 0.260 e. The summed E-state index contributed by atoms with van der Waals surface area (Å²) in [7, 11) is 0. The molecule has 2 heterocycles. The van der Waals surface area contributed by atoms with Crippen LogP contribution in [-0.2, 0) is 0 Å². The number of pyridine rings is 1. The molecule has 1 aromatic carbocycles. The molecule has 3 rings (SSSR count). The van der Waals surface area contributed by atoms with Crippen molar-refractivity contribution in [3.05, 3.63) is 52.2 Å². The van der Waals surface area contributed by atoms with Gasteiger partial charge >= 0.3 is 0 Å². The zero-order valence-electron chi connectivity index (χ0n) is 11.5. The number of halogens is 1. The zero-order chi connectivity index (χ0) is 15.0. The Kier molecular flexibility index (Phi) is 3.35. The minimum absolute atomic E-state index is 0.276. The molecule has 1 N–H and O–H groups in total. The second-order valence-corrected chi connectivity index (χ2v) is 5.19. The van der Waals surface area contributed by atoms with E-state index >= 15 is 0 Å². The first-order valence-electron chi connectivity index (χ1n) is 6.35. The third kappa shape index (κ3) is 2.60. The van der Waals surface area contributed by atoms with Gasteiger partial charge in [0.2, 0.25) is 0 Å². The minimum atomic E-state index is -0.276. The smallest absolute Gasteiger partial charge is 0.260 e. The van der Waals surface area contributed by atoms with E-state index in [1.54, 1.807) is 24.3 Å². The third-order valence-corrected chi connectivity index (χ3v) is 3.36. The first kappa shape index (κ1) is 13.6. The number of nitrogens with zero attached hydrogens (tertiary/aromatic N) is 2.